The molecule has 0 aromatic heterocycles. The Bertz CT molecular complexity index is 544. The van der Waals surface area contributed by atoms with Crippen molar-refractivity contribution in [2.24, 2.45) is 5.73 Å². The second-order valence-electron chi connectivity index (χ2n) is 5.46. The summed E-state index contributed by atoms with van der Waals surface area (Å²) >= 11 is 0. The van der Waals surface area contributed by atoms with Gasteiger partial charge in [0.05, 0.1) is 19.8 Å². The number of ether oxygens (including phenoxy) is 1. The molecule has 1 saturated heterocycles. The molecule has 2 rings (SSSR count). The smallest absolute Gasteiger partial charge is 0.325 e. The van der Waals surface area contributed by atoms with E-state index in [1.807, 2.05) is 24.3 Å². The predicted molar refractivity (Wildman–Crippen MR) is 83.3 cm³/mol. The van der Waals surface area contributed by atoms with E-state index in [1.165, 1.54) is 10.5 Å². The van der Waals surface area contributed by atoms with Gasteiger partial charge in [0.15, 0.2) is 0 Å². The Hall–Kier alpha value is -1.92. The van der Waals surface area contributed by atoms with E-state index < -0.39 is 5.54 Å². The molecule has 1 heterocycles. The molecule has 1 unspecified atom stereocenters. The van der Waals surface area contributed by atoms with Gasteiger partial charge >= 0.3 is 6.03 Å². The van der Waals surface area contributed by atoms with Crippen LogP contribution in [-0.4, -0.2) is 43.1 Å². The molecule has 6 heteroatoms. The Balaban J connectivity index is 2.11. The van der Waals surface area contributed by atoms with Crippen molar-refractivity contribution in [3.63, 3.8) is 0 Å². The van der Waals surface area contributed by atoms with Crippen LogP contribution in [0.5, 0.6) is 0 Å². The molecule has 1 atom stereocenters. The van der Waals surface area contributed by atoms with Gasteiger partial charge in [0.1, 0.15) is 5.54 Å². The number of aryl methyl sites for hydroxylation is 1. The molecule has 0 spiro atoms. The summed E-state index contributed by atoms with van der Waals surface area (Å²) in [6.45, 7) is 5.16. The van der Waals surface area contributed by atoms with Crippen LogP contribution in [0.1, 0.15) is 25.0 Å². The normalized spacial score (nSPS) is 21.3. The number of hydrogen-bond acceptors (Lipinski definition) is 4. The highest BCUT2D eigenvalue weighted by molar-refractivity contribution is 6.07. The zero-order valence-corrected chi connectivity index (χ0v) is 13.1. The van der Waals surface area contributed by atoms with Crippen LogP contribution in [0.25, 0.3) is 0 Å². The fraction of sp³-hybridized carbons (Fsp3) is 0.500. The molecule has 0 saturated carbocycles. The summed E-state index contributed by atoms with van der Waals surface area (Å²) in [4.78, 5) is 25.9. The van der Waals surface area contributed by atoms with Crippen molar-refractivity contribution in [3.8, 4) is 0 Å². The van der Waals surface area contributed by atoms with E-state index in [1.54, 1.807) is 6.92 Å². The third kappa shape index (κ3) is 3.13. The number of carbonyl (C=O) groups excluding carboxylic acids is 2. The molecular weight excluding hydrogens is 282 g/mol. The van der Waals surface area contributed by atoms with E-state index in [-0.39, 0.29) is 18.5 Å². The second kappa shape index (κ2) is 6.89. The lowest BCUT2D eigenvalue weighted by Gasteiger charge is -2.22. The van der Waals surface area contributed by atoms with Gasteiger partial charge in [-0.2, -0.15) is 0 Å². The molecule has 120 valence electrons. The number of benzene rings is 1. The number of nitrogens with zero attached hydrogens (tertiary/aromatic N) is 1. The average molecular weight is 305 g/mol. The van der Waals surface area contributed by atoms with Crippen LogP contribution in [0.2, 0.25) is 0 Å². The number of carbonyl (C=O) groups is 2. The van der Waals surface area contributed by atoms with Crippen molar-refractivity contribution in [2.75, 3.05) is 26.3 Å². The van der Waals surface area contributed by atoms with E-state index in [4.69, 9.17) is 10.5 Å². The number of rotatable bonds is 7. The molecule has 3 amide bonds. The number of imide groups is 1. The molecule has 1 aromatic carbocycles. The minimum absolute atomic E-state index is 0.229. The third-order valence-electron chi connectivity index (χ3n) is 3.94. The van der Waals surface area contributed by atoms with Gasteiger partial charge in [-0.1, -0.05) is 31.2 Å². The minimum Gasteiger partial charge on any atom is -0.378 e. The summed E-state index contributed by atoms with van der Waals surface area (Å²) in [5, 5.41) is 2.78. The van der Waals surface area contributed by atoms with Crippen LogP contribution in [0.4, 0.5) is 4.79 Å². The Kier molecular flexibility index (Phi) is 5.15. The molecule has 3 N–H and O–H groups in total. The number of nitrogens with one attached hydrogen (secondary N) is 1. The van der Waals surface area contributed by atoms with Crippen LogP contribution in [-0.2, 0) is 21.5 Å². The van der Waals surface area contributed by atoms with Gasteiger partial charge < -0.3 is 15.8 Å². The SMILES string of the molecule is CCc1ccc(C2(C)NC(=O)N(CCOCCN)C2=O)cc1. The highest BCUT2D eigenvalue weighted by Crippen LogP contribution is 2.28. The number of nitrogens with two attached hydrogens (primary N) is 1. The number of amides is 3. The van der Waals surface area contributed by atoms with Crippen LogP contribution in [0.3, 0.4) is 0 Å². The summed E-state index contributed by atoms with van der Waals surface area (Å²) in [5.74, 6) is -0.252. The Labute approximate surface area is 130 Å². The Morgan fingerprint density at radius 1 is 1.23 bits per heavy atom. The molecule has 1 fully saturated rings. The van der Waals surface area contributed by atoms with E-state index >= 15 is 0 Å². The topological polar surface area (TPSA) is 84.7 Å². The zero-order chi connectivity index (χ0) is 16.2. The molecular formula is C16H23N3O3. The van der Waals surface area contributed by atoms with Gasteiger partial charge in [0.2, 0.25) is 0 Å². The molecule has 6 nitrogen and oxygen atoms in total. The van der Waals surface area contributed by atoms with Crippen LogP contribution >= 0.6 is 0 Å². The van der Waals surface area contributed by atoms with Gasteiger partial charge in [0.25, 0.3) is 5.91 Å². The first-order chi connectivity index (χ1) is 10.5. The van der Waals surface area contributed by atoms with E-state index in [2.05, 4.69) is 12.2 Å². The van der Waals surface area contributed by atoms with E-state index in [0.717, 1.165) is 12.0 Å². The highest BCUT2D eigenvalue weighted by Gasteiger charge is 2.48. The van der Waals surface area contributed by atoms with Gasteiger partial charge in [-0.05, 0) is 24.5 Å². The molecule has 22 heavy (non-hydrogen) atoms. The summed E-state index contributed by atoms with van der Waals surface area (Å²) in [6, 6.07) is 7.36. The molecule has 1 aliphatic rings. The van der Waals surface area contributed by atoms with Crippen LogP contribution < -0.4 is 11.1 Å². The lowest BCUT2D eigenvalue weighted by atomic mass is 9.91. The second-order valence-corrected chi connectivity index (χ2v) is 5.46. The van der Waals surface area contributed by atoms with Gasteiger partial charge in [-0.25, -0.2) is 4.79 Å². The maximum atomic E-state index is 12.6. The van der Waals surface area contributed by atoms with Crippen molar-refractivity contribution < 1.29 is 14.3 Å². The van der Waals surface area contributed by atoms with E-state index in [0.29, 0.717) is 19.8 Å². The summed E-state index contributed by atoms with van der Waals surface area (Å²) in [5.41, 5.74) is 6.30. The molecule has 1 aromatic rings. The molecule has 0 aliphatic carbocycles. The fourth-order valence-corrected chi connectivity index (χ4v) is 2.51. The van der Waals surface area contributed by atoms with Gasteiger partial charge in [0, 0.05) is 6.54 Å². The summed E-state index contributed by atoms with van der Waals surface area (Å²) in [6.07, 6.45) is 0.932. The van der Waals surface area contributed by atoms with Crippen molar-refractivity contribution >= 4 is 11.9 Å². The zero-order valence-electron chi connectivity index (χ0n) is 13.1. The standard InChI is InChI=1S/C16H23N3O3/c1-3-12-4-6-13(7-5-12)16(2)14(20)19(15(21)18-16)9-11-22-10-8-17/h4-7H,3,8-11,17H2,1-2H3,(H,18,21). The Morgan fingerprint density at radius 3 is 2.50 bits per heavy atom. The van der Waals surface area contributed by atoms with E-state index in [9.17, 15) is 9.59 Å². The summed E-state index contributed by atoms with van der Waals surface area (Å²) < 4.78 is 5.25. The lowest BCUT2D eigenvalue weighted by molar-refractivity contribution is -0.131. The van der Waals surface area contributed by atoms with Gasteiger partial charge in [-0.3, -0.25) is 9.69 Å². The predicted octanol–water partition coefficient (Wildman–Crippen LogP) is 0.991. The number of urea groups is 1. The minimum atomic E-state index is -1.02. The van der Waals surface area contributed by atoms with Crippen molar-refractivity contribution in [1.29, 1.82) is 0 Å². The van der Waals surface area contributed by atoms with Crippen molar-refractivity contribution in [3.05, 3.63) is 35.4 Å². The van der Waals surface area contributed by atoms with Crippen molar-refractivity contribution in [1.82, 2.24) is 10.2 Å². The molecule has 1 aliphatic heterocycles. The molecule has 0 bridgehead atoms. The Morgan fingerprint density at radius 2 is 1.91 bits per heavy atom. The maximum absolute atomic E-state index is 12.6. The van der Waals surface area contributed by atoms with Crippen LogP contribution in [0, 0.1) is 0 Å². The lowest BCUT2D eigenvalue weighted by Crippen LogP contribution is -2.41. The highest BCUT2D eigenvalue weighted by atomic mass is 16.5. The largest absolute Gasteiger partial charge is 0.378 e. The first kappa shape index (κ1) is 16.5. The third-order valence-corrected chi connectivity index (χ3v) is 3.94. The fourth-order valence-electron chi connectivity index (χ4n) is 2.51. The number of hydrogen-bond donors (Lipinski definition) is 2. The monoisotopic (exact) mass is 305 g/mol. The quantitative estimate of drug-likeness (QED) is 0.581. The van der Waals surface area contributed by atoms with Gasteiger partial charge in [-0.15, -0.1) is 0 Å². The first-order valence-corrected chi connectivity index (χ1v) is 7.54. The maximum Gasteiger partial charge on any atom is 0.325 e. The van der Waals surface area contributed by atoms with Crippen LogP contribution in [0.15, 0.2) is 24.3 Å². The van der Waals surface area contributed by atoms with Crippen molar-refractivity contribution in [2.45, 2.75) is 25.8 Å². The average Bonchev–Trinajstić information content (AvgIpc) is 2.75. The first-order valence-electron chi connectivity index (χ1n) is 7.54. The molecule has 0 radical (unpaired) electrons. The summed E-state index contributed by atoms with van der Waals surface area (Å²) in [7, 11) is 0.